The Kier molecular flexibility index (Phi) is 4.09. The number of nitrogens with one attached hydrogen (secondary N) is 1. The molecule has 0 spiro atoms. The van der Waals surface area contributed by atoms with Crippen molar-refractivity contribution in [2.45, 2.75) is 13.0 Å². The Balaban J connectivity index is 2.45. The molecule has 5 nitrogen and oxygen atoms in total. The van der Waals surface area contributed by atoms with Crippen molar-refractivity contribution < 1.29 is 4.74 Å². The molecular weight excluding hydrogens is 264 g/mol. The Morgan fingerprint density at radius 2 is 2.21 bits per heavy atom. The van der Waals surface area contributed by atoms with Crippen LogP contribution in [0.1, 0.15) is 22.9 Å². The third kappa shape index (κ3) is 2.73. The SMILES string of the molecule is COc1cc(C(NN)c2cn(C)nc2C)ccc1Cl. The number of methoxy groups -OCH3 is 1. The fourth-order valence-corrected chi connectivity index (χ4v) is 2.32. The van der Waals surface area contributed by atoms with Crippen LogP contribution >= 0.6 is 11.6 Å². The molecule has 0 saturated heterocycles. The number of aromatic nitrogens is 2. The molecule has 0 aliphatic carbocycles. The number of nitrogens with two attached hydrogens (primary N) is 1. The van der Waals surface area contributed by atoms with Crippen molar-refractivity contribution in [2.75, 3.05) is 7.11 Å². The lowest BCUT2D eigenvalue weighted by Crippen LogP contribution is -2.29. The number of benzene rings is 1. The van der Waals surface area contributed by atoms with Gasteiger partial charge in [0.2, 0.25) is 0 Å². The number of hydrogen-bond acceptors (Lipinski definition) is 4. The highest BCUT2D eigenvalue weighted by Gasteiger charge is 2.18. The maximum atomic E-state index is 6.03. The Hall–Kier alpha value is -1.56. The first-order valence-electron chi connectivity index (χ1n) is 5.86. The van der Waals surface area contributed by atoms with Crippen LogP contribution in [0, 0.1) is 6.92 Å². The predicted octanol–water partition coefficient (Wildman–Crippen LogP) is 1.94. The van der Waals surface area contributed by atoms with Crippen LogP contribution in [0.4, 0.5) is 0 Å². The number of rotatable bonds is 4. The second-order valence-corrected chi connectivity index (χ2v) is 4.74. The molecule has 0 radical (unpaired) electrons. The van der Waals surface area contributed by atoms with E-state index in [2.05, 4.69) is 10.5 Å². The first-order valence-corrected chi connectivity index (χ1v) is 6.24. The molecule has 0 saturated carbocycles. The van der Waals surface area contributed by atoms with Crippen LogP contribution in [0.5, 0.6) is 5.75 Å². The average Bonchev–Trinajstić information content (AvgIpc) is 2.71. The molecule has 1 aromatic heterocycles. The zero-order valence-electron chi connectivity index (χ0n) is 11.1. The van der Waals surface area contributed by atoms with Gasteiger partial charge in [-0.15, -0.1) is 0 Å². The molecule has 2 rings (SSSR count). The maximum Gasteiger partial charge on any atom is 0.137 e. The zero-order chi connectivity index (χ0) is 14.0. The minimum Gasteiger partial charge on any atom is -0.495 e. The first kappa shape index (κ1) is 13.9. The molecule has 19 heavy (non-hydrogen) atoms. The Morgan fingerprint density at radius 1 is 1.47 bits per heavy atom. The molecule has 0 aliphatic heterocycles. The Morgan fingerprint density at radius 3 is 2.74 bits per heavy atom. The second-order valence-electron chi connectivity index (χ2n) is 4.34. The summed E-state index contributed by atoms with van der Waals surface area (Å²) in [6, 6.07) is 5.44. The number of ether oxygens (including phenoxy) is 1. The van der Waals surface area contributed by atoms with Crippen LogP contribution < -0.4 is 16.0 Å². The van der Waals surface area contributed by atoms with Gasteiger partial charge in [0.1, 0.15) is 5.75 Å². The molecule has 2 aromatic rings. The van der Waals surface area contributed by atoms with E-state index in [9.17, 15) is 0 Å². The van der Waals surface area contributed by atoms with Crippen molar-refractivity contribution in [3.8, 4) is 5.75 Å². The summed E-state index contributed by atoms with van der Waals surface area (Å²) in [6.07, 6.45) is 1.95. The van der Waals surface area contributed by atoms with E-state index in [0.29, 0.717) is 10.8 Å². The van der Waals surface area contributed by atoms with Gasteiger partial charge in [0.25, 0.3) is 0 Å². The highest BCUT2D eigenvalue weighted by molar-refractivity contribution is 6.32. The second kappa shape index (κ2) is 5.61. The van der Waals surface area contributed by atoms with Gasteiger partial charge >= 0.3 is 0 Å². The Labute approximate surface area is 117 Å². The number of halogens is 1. The molecular formula is C13H17ClN4O. The summed E-state index contributed by atoms with van der Waals surface area (Å²) in [4.78, 5) is 0. The largest absolute Gasteiger partial charge is 0.495 e. The smallest absolute Gasteiger partial charge is 0.137 e. The molecule has 1 aromatic carbocycles. The van der Waals surface area contributed by atoms with Gasteiger partial charge in [-0.2, -0.15) is 5.10 Å². The summed E-state index contributed by atoms with van der Waals surface area (Å²) < 4.78 is 7.00. The van der Waals surface area contributed by atoms with Crippen molar-refractivity contribution in [2.24, 2.45) is 12.9 Å². The van der Waals surface area contributed by atoms with Gasteiger partial charge in [0.05, 0.1) is 23.9 Å². The number of nitrogens with zero attached hydrogens (tertiary/aromatic N) is 2. The summed E-state index contributed by atoms with van der Waals surface area (Å²) in [5.41, 5.74) is 5.73. The van der Waals surface area contributed by atoms with Gasteiger partial charge in [0.15, 0.2) is 0 Å². The summed E-state index contributed by atoms with van der Waals surface area (Å²) in [5.74, 6) is 6.31. The van der Waals surface area contributed by atoms with E-state index in [1.54, 1.807) is 17.9 Å². The van der Waals surface area contributed by atoms with E-state index in [4.69, 9.17) is 22.2 Å². The van der Waals surface area contributed by atoms with Crippen LogP contribution in [0.15, 0.2) is 24.4 Å². The average molecular weight is 281 g/mol. The molecule has 6 heteroatoms. The monoisotopic (exact) mass is 280 g/mol. The fraction of sp³-hybridized carbons (Fsp3) is 0.308. The minimum absolute atomic E-state index is 0.153. The molecule has 0 bridgehead atoms. The quantitative estimate of drug-likeness (QED) is 0.664. The molecule has 102 valence electrons. The molecule has 0 fully saturated rings. The topological polar surface area (TPSA) is 65.1 Å². The third-order valence-corrected chi connectivity index (χ3v) is 3.35. The summed E-state index contributed by atoms with van der Waals surface area (Å²) in [6.45, 7) is 1.95. The van der Waals surface area contributed by atoms with E-state index in [1.807, 2.05) is 32.3 Å². The lowest BCUT2D eigenvalue weighted by Gasteiger charge is -2.17. The van der Waals surface area contributed by atoms with E-state index < -0.39 is 0 Å². The summed E-state index contributed by atoms with van der Waals surface area (Å²) >= 11 is 6.03. The first-order chi connectivity index (χ1) is 9.06. The molecule has 0 amide bonds. The van der Waals surface area contributed by atoms with E-state index in [0.717, 1.165) is 16.8 Å². The predicted molar refractivity (Wildman–Crippen MR) is 75.1 cm³/mol. The van der Waals surface area contributed by atoms with Crippen LogP contribution in [0.3, 0.4) is 0 Å². The maximum absolute atomic E-state index is 6.03. The van der Waals surface area contributed by atoms with Crippen LogP contribution in [0.25, 0.3) is 0 Å². The van der Waals surface area contributed by atoms with Crippen LogP contribution in [-0.4, -0.2) is 16.9 Å². The zero-order valence-corrected chi connectivity index (χ0v) is 11.9. The summed E-state index contributed by atoms with van der Waals surface area (Å²) in [5, 5.41) is 4.90. The number of hydrogen-bond donors (Lipinski definition) is 2. The van der Waals surface area contributed by atoms with Crippen molar-refractivity contribution in [1.29, 1.82) is 0 Å². The lowest BCUT2D eigenvalue weighted by atomic mass is 10.00. The van der Waals surface area contributed by atoms with Crippen LogP contribution in [0.2, 0.25) is 5.02 Å². The molecule has 1 atom stereocenters. The molecule has 1 unspecified atom stereocenters. The van der Waals surface area contributed by atoms with E-state index in [-0.39, 0.29) is 6.04 Å². The summed E-state index contributed by atoms with van der Waals surface area (Å²) in [7, 11) is 3.47. The number of aryl methyl sites for hydroxylation is 2. The van der Waals surface area contributed by atoms with Gasteiger partial charge in [-0.1, -0.05) is 17.7 Å². The van der Waals surface area contributed by atoms with Gasteiger partial charge in [-0.25, -0.2) is 5.43 Å². The molecule has 3 N–H and O–H groups in total. The molecule has 1 heterocycles. The normalized spacial score (nSPS) is 12.5. The fourth-order valence-electron chi connectivity index (χ4n) is 2.12. The highest BCUT2D eigenvalue weighted by Crippen LogP contribution is 2.30. The minimum atomic E-state index is -0.153. The Bertz CT molecular complexity index is 582. The van der Waals surface area contributed by atoms with Gasteiger partial charge in [-0.3, -0.25) is 10.5 Å². The van der Waals surface area contributed by atoms with Gasteiger partial charge in [-0.05, 0) is 24.6 Å². The third-order valence-electron chi connectivity index (χ3n) is 3.04. The lowest BCUT2D eigenvalue weighted by molar-refractivity contribution is 0.414. The van der Waals surface area contributed by atoms with Gasteiger partial charge in [0, 0.05) is 18.8 Å². The van der Waals surface area contributed by atoms with Crippen molar-refractivity contribution in [3.05, 3.63) is 46.2 Å². The van der Waals surface area contributed by atoms with Crippen molar-refractivity contribution >= 4 is 11.6 Å². The number of hydrazine groups is 1. The van der Waals surface area contributed by atoms with Gasteiger partial charge < -0.3 is 4.74 Å². The van der Waals surface area contributed by atoms with Crippen molar-refractivity contribution in [3.63, 3.8) is 0 Å². The highest BCUT2D eigenvalue weighted by atomic mass is 35.5. The standard InChI is InChI=1S/C13H17ClN4O/c1-8-10(7-18(2)17-8)13(16-15)9-4-5-11(14)12(6-9)19-3/h4-7,13,16H,15H2,1-3H3. The van der Waals surface area contributed by atoms with Crippen LogP contribution in [-0.2, 0) is 7.05 Å². The van der Waals surface area contributed by atoms with E-state index >= 15 is 0 Å². The molecule has 0 aliphatic rings. The van der Waals surface area contributed by atoms with E-state index in [1.165, 1.54) is 0 Å². The van der Waals surface area contributed by atoms with Crippen molar-refractivity contribution in [1.82, 2.24) is 15.2 Å².